The lowest BCUT2D eigenvalue weighted by molar-refractivity contribution is -0.118. The number of amides is 1. The summed E-state index contributed by atoms with van der Waals surface area (Å²) < 4.78 is 10.4. The molecule has 0 fully saturated rings. The summed E-state index contributed by atoms with van der Waals surface area (Å²) >= 11 is 7.23. The van der Waals surface area contributed by atoms with Gasteiger partial charge in [-0.15, -0.1) is 11.8 Å². The minimum absolute atomic E-state index is 0.188. The molecule has 1 N–H and O–H groups in total. The molecule has 0 atom stereocenters. The third-order valence-electron chi connectivity index (χ3n) is 2.99. The number of thioether (sulfide) groups is 1. The van der Waals surface area contributed by atoms with Gasteiger partial charge in [0.1, 0.15) is 0 Å². The van der Waals surface area contributed by atoms with Gasteiger partial charge in [-0.3, -0.25) is 4.79 Å². The van der Waals surface area contributed by atoms with Gasteiger partial charge < -0.3 is 9.47 Å². The minimum atomic E-state index is -0.188. The van der Waals surface area contributed by atoms with E-state index >= 15 is 0 Å². The van der Waals surface area contributed by atoms with Crippen LogP contribution in [0.25, 0.3) is 0 Å². The van der Waals surface area contributed by atoms with Crippen LogP contribution in [0.2, 0.25) is 5.02 Å². The van der Waals surface area contributed by atoms with Crippen molar-refractivity contribution in [2.75, 3.05) is 20.0 Å². The van der Waals surface area contributed by atoms with Crippen LogP contribution in [0.4, 0.5) is 0 Å². The number of nitrogens with one attached hydrogen (secondary N) is 1. The molecule has 5 nitrogen and oxygen atoms in total. The molecule has 2 aromatic carbocycles. The van der Waals surface area contributed by atoms with E-state index in [0.29, 0.717) is 16.5 Å². The first-order chi connectivity index (χ1) is 11.6. The zero-order valence-electron chi connectivity index (χ0n) is 13.3. The number of methoxy groups -OCH3 is 2. The molecule has 0 radical (unpaired) electrons. The van der Waals surface area contributed by atoms with Crippen LogP contribution in [-0.2, 0) is 4.79 Å². The Morgan fingerprint density at radius 1 is 1.17 bits per heavy atom. The first kappa shape index (κ1) is 18.2. The Kier molecular flexibility index (Phi) is 6.96. The Hall–Kier alpha value is -2.18. The number of benzene rings is 2. The van der Waals surface area contributed by atoms with E-state index in [1.165, 1.54) is 11.8 Å². The van der Waals surface area contributed by atoms with Crippen molar-refractivity contribution in [2.45, 2.75) is 4.90 Å². The van der Waals surface area contributed by atoms with Crippen LogP contribution >= 0.6 is 23.4 Å². The summed E-state index contributed by atoms with van der Waals surface area (Å²) in [6.45, 7) is 0. The Balaban J connectivity index is 1.84. The smallest absolute Gasteiger partial charge is 0.250 e. The van der Waals surface area contributed by atoms with Crippen LogP contribution in [-0.4, -0.2) is 32.1 Å². The van der Waals surface area contributed by atoms with Crippen molar-refractivity contribution in [3.05, 3.63) is 53.1 Å². The van der Waals surface area contributed by atoms with Crippen LogP contribution in [0.15, 0.2) is 52.5 Å². The molecule has 7 heteroatoms. The minimum Gasteiger partial charge on any atom is -0.493 e. The SMILES string of the molecule is COc1ccc(/C=N\NC(=O)CSc2ccc(Cl)cc2)cc1OC. The monoisotopic (exact) mass is 364 g/mol. The zero-order valence-corrected chi connectivity index (χ0v) is 14.9. The van der Waals surface area contributed by atoms with Crippen molar-refractivity contribution < 1.29 is 14.3 Å². The van der Waals surface area contributed by atoms with E-state index in [-0.39, 0.29) is 11.7 Å². The Morgan fingerprint density at radius 2 is 1.88 bits per heavy atom. The Morgan fingerprint density at radius 3 is 2.54 bits per heavy atom. The molecule has 0 aromatic heterocycles. The molecule has 0 saturated heterocycles. The van der Waals surface area contributed by atoms with Gasteiger partial charge in [0.05, 0.1) is 26.2 Å². The van der Waals surface area contributed by atoms with Gasteiger partial charge in [-0.1, -0.05) is 11.6 Å². The molecule has 0 aliphatic heterocycles. The van der Waals surface area contributed by atoms with E-state index in [2.05, 4.69) is 10.5 Å². The quantitative estimate of drug-likeness (QED) is 0.463. The zero-order chi connectivity index (χ0) is 17.4. The molecule has 0 unspecified atom stereocenters. The van der Waals surface area contributed by atoms with Gasteiger partial charge >= 0.3 is 0 Å². The third-order valence-corrected chi connectivity index (χ3v) is 4.26. The van der Waals surface area contributed by atoms with Gasteiger partial charge in [-0.2, -0.15) is 5.10 Å². The van der Waals surface area contributed by atoms with Gasteiger partial charge in [-0.05, 0) is 48.0 Å². The molecule has 0 bridgehead atoms. The van der Waals surface area contributed by atoms with Crippen LogP contribution in [0.1, 0.15) is 5.56 Å². The van der Waals surface area contributed by atoms with Gasteiger partial charge in [0.15, 0.2) is 11.5 Å². The molecular formula is C17H17ClN2O3S. The highest BCUT2D eigenvalue weighted by atomic mass is 35.5. The highest BCUT2D eigenvalue weighted by Gasteiger charge is 2.04. The number of hydrogen-bond donors (Lipinski definition) is 1. The molecule has 0 heterocycles. The Bertz CT molecular complexity index is 720. The predicted molar refractivity (Wildman–Crippen MR) is 97.5 cm³/mol. The van der Waals surface area contributed by atoms with Crippen molar-refractivity contribution in [2.24, 2.45) is 5.10 Å². The molecule has 2 rings (SSSR count). The molecule has 2 aromatic rings. The average molecular weight is 365 g/mol. The number of carbonyl (C=O) groups is 1. The van der Waals surface area contributed by atoms with Gasteiger partial charge in [0.2, 0.25) is 5.91 Å². The fourth-order valence-corrected chi connectivity index (χ4v) is 2.64. The van der Waals surface area contributed by atoms with Crippen LogP contribution in [0, 0.1) is 0 Å². The van der Waals surface area contributed by atoms with Crippen molar-refractivity contribution in [3.8, 4) is 11.5 Å². The summed E-state index contributed by atoms with van der Waals surface area (Å²) in [6, 6.07) is 12.7. The van der Waals surface area contributed by atoms with Crippen molar-refractivity contribution >= 4 is 35.5 Å². The maximum atomic E-state index is 11.8. The molecule has 24 heavy (non-hydrogen) atoms. The molecular weight excluding hydrogens is 348 g/mol. The molecule has 0 spiro atoms. The van der Waals surface area contributed by atoms with Crippen molar-refractivity contribution in [3.63, 3.8) is 0 Å². The first-order valence-electron chi connectivity index (χ1n) is 7.04. The number of hydrogen-bond acceptors (Lipinski definition) is 5. The fraction of sp³-hybridized carbons (Fsp3) is 0.176. The van der Waals surface area contributed by atoms with Crippen LogP contribution in [0.5, 0.6) is 11.5 Å². The number of rotatable bonds is 7. The topological polar surface area (TPSA) is 59.9 Å². The normalized spacial score (nSPS) is 10.6. The Labute approximate surface area is 150 Å². The summed E-state index contributed by atoms with van der Waals surface area (Å²) in [5.41, 5.74) is 3.28. The van der Waals surface area contributed by atoms with Crippen LogP contribution < -0.4 is 14.9 Å². The molecule has 126 valence electrons. The van der Waals surface area contributed by atoms with E-state index in [1.807, 2.05) is 18.2 Å². The van der Waals surface area contributed by atoms with E-state index in [1.54, 1.807) is 44.7 Å². The summed E-state index contributed by atoms with van der Waals surface area (Å²) in [6.07, 6.45) is 1.55. The second-order valence-electron chi connectivity index (χ2n) is 4.65. The van der Waals surface area contributed by atoms with Crippen molar-refractivity contribution in [1.82, 2.24) is 5.43 Å². The van der Waals surface area contributed by atoms with Gasteiger partial charge in [-0.25, -0.2) is 5.43 Å². The van der Waals surface area contributed by atoms with E-state index in [0.717, 1.165) is 10.5 Å². The lowest BCUT2D eigenvalue weighted by atomic mass is 10.2. The first-order valence-corrected chi connectivity index (χ1v) is 8.41. The lowest BCUT2D eigenvalue weighted by Gasteiger charge is -2.07. The number of hydrazone groups is 1. The largest absolute Gasteiger partial charge is 0.493 e. The summed E-state index contributed by atoms with van der Waals surface area (Å²) in [4.78, 5) is 12.8. The van der Waals surface area contributed by atoms with Gasteiger partial charge in [0, 0.05) is 9.92 Å². The number of nitrogens with zero attached hydrogens (tertiary/aromatic N) is 1. The second kappa shape index (κ2) is 9.20. The lowest BCUT2D eigenvalue weighted by Crippen LogP contribution is -2.19. The molecule has 0 saturated carbocycles. The van der Waals surface area contributed by atoms with Crippen LogP contribution in [0.3, 0.4) is 0 Å². The third kappa shape index (κ3) is 5.47. The fourth-order valence-electron chi connectivity index (χ4n) is 1.82. The maximum absolute atomic E-state index is 11.8. The number of halogens is 1. The van der Waals surface area contributed by atoms with E-state index in [4.69, 9.17) is 21.1 Å². The number of ether oxygens (including phenoxy) is 2. The van der Waals surface area contributed by atoms with E-state index < -0.39 is 0 Å². The van der Waals surface area contributed by atoms with E-state index in [9.17, 15) is 4.79 Å². The summed E-state index contributed by atoms with van der Waals surface area (Å²) in [7, 11) is 3.14. The highest BCUT2D eigenvalue weighted by Crippen LogP contribution is 2.26. The molecule has 1 amide bonds. The highest BCUT2D eigenvalue weighted by molar-refractivity contribution is 8.00. The maximum Gasteiger partial charge on any atom is 0.250 e. The standard InChI is InChI=1S/C17H17ClN2O3S/c1-22-15-8-3-12(9-16(15)23-2)10-19-20-17(21)11-24-14-6-4-13(18)5-7-14/h3-10H,11H2,1-2H3,(H,20,21)/b19-10-. The number of carbonyl (C=O) groups excluding carboxylic acids is 1. The molecule has 0 aliphatic carbocycles. The van der Waals surface area contributed by atoms with Crippen molar-refractivity contribution in [1.29, 1.82) is 0 Å². The van der Waals surface area contributed by atoms with Gasteiger partial charge in [0.25, 0.3) is 0 Å². The molecule has 0 aliphatic rings. The average Bonchev–Trinajstić information content (AvgIpc) is 2.61. The summed E-state index contributed by atoms with van der Waals surface area (Å²) in [5, 5.41) is 4.61. The second-order valence-corrected chi connectivity index (χ2v) is 6.14. The summed E-state index contributed by atoms with van der Waals surface area (Å²) in [5.74, 6) is 1.32. The predicted octanol–water partition coefficient (Wildman–Crippen LogP) is 3.60.